The quantitative estimate of drug-likeness (QED) is 0.840. The highest BCUT2D eigenvalue weighted by Gasteiger charge is 2.21. The topological polar surface area (TPSA) is 65.2 Å². The highest BCUT2D eigenvalue weighted by molar-refractivity contribution is 5.95. The molecule has 0 saturated carbocycles. The summed E-state index contributed by atoms with van der Waals surface area (Å²) < 4.78 is 0. The number of likely N-dealkylation sites (tertiary alicyclic amines) is 1. The first-order valence-corrected chi connectivity index (χ1v) is 9.08. The van der Waals surface area contributed by atoms with Gasteiger partial charge in [0.2, 0.25) is 0 Å². The van der Waals surface area contributed by atoms with E-state index in [0.717, 1.165) is 30.8 Å². The van der Waals surface area contributed by atoms with Crippen molar-refractivity contribution in [1.82, 2.24) is 15.2 Å². The number of aromatic amines is 1. The van der Waals surface area contributed by atoms with Crippen molar-refractivity contribution in [2.24, 2.45) is 11.8 Å². The molecular weight excluding hydrogens is 302 g/mol. The van der Waals surface area contributed by atoms with E-state index >= 15 is 0 Å². The zero-order valence-electron chi connectivity index (χ0n) is 15.4. The molecule has 1 aromatic rings. The molecule has 24 heavy (non-hydrogen) atoms. The fourth-order valence-electron chi connectivity index (χ4n) is 3.68. The maximum absolute atomic E-state index is 12.3. The van der Waals surface area contributed by atoms with E-state index in [0.29, 0.717) is 18.4 Å². The second kappa shape index (κ2) is 8.47. The molecule has 5 nitrogen and oxygen atoms in total. The van der Waals surface area contributed by atoms with Crippen molar-refractivity contribution < 1.29 is 4.79 Å². The zero-order valence-corrected chi connectivity index (χ0v) is 15.4. The van der Waals surface area contributed by atoms with E-state index in [4.69, 9.17) is 0 Å². The normalized spacial score (nSPS) is 18.8. The summed E-state index contributed by atoms with van der Waals surface area (Å²) in [4.78, 5) is 29.5. The Morgan fingerprint density at radius 3 is 2.83 bits per heavy atom. The smallest absolute Gasteiger partial charge is 0.261 e. The van der Waals surface area contributed by atoms with Gasteiger partial charge in [0.1, 0.15) is 5.56 Å². The predicted molar refractivity (Wildman–Crippen MR) is 97.5 cm³/mol. The van der Waals surface area contributed by atoms with Gasteiger partial charge in [-0.05, 0) is 63.1 Å². The lowest BCUT2D eigenvalue weighted by atomic mass is 9.94. The highest BCUT2D eigenvalue weighted by Crippen LogP contribution is 2.20. The molecule has 1 saturated heterocycles. The van der Waals surface area contributed by atoms with Crippen LogP contribution in [-0.2, 0) is 0 Å². The molecular formula is C19H31N3O2. The number of amides is 1. The van der Waals surface area contributed by atoms with E-state index in [1.807, 2.05) is 19.9 Å². The second-order valence-corrected chi connectivity index (χ2v) is 7.55. The number of hydrogen-bond donors (Lipinski definition) is 2. The highest BCUT2D eigenvalue weighted by atomic mass is 16.2. The second-order valence-electron chi connectivity index (χ2n) is 7.55. The van der Waals surface area contributed by atoms with Crippen molar-refractivity contribution in [3.05, 3.63) is 33.2 Å². The molecule has 1 aliphatic rings. The van der Waals surface area contributed by atoms with Crippen LogP contribution < -0.4 is 10.9 Å². The van der Waals surface area contributed by atoms with Crippen LogP contribution in [-0.4, -0.2) is 42.0 Å². The van der Waals surface area contributed by atoms with E-state index < -0.39 is 0 Å². The molecule has 1 unspecified atom stereocenters. The average molecular weight is 333 g/mol. The lowest BCUT2D eigenvalue weighted by molar-refractivity contribution is 0.0943. The van der Waals surface area contributed by atoms with Gasteiger partial charge in [-0.25, -0.2) is 0 Å². The summed E-state index contributed by atoms with van der Waals surface area (Å²) in [5, 5.41) is 2.93. The van der Waals surface area contributed by atoms with E-state index in [1.54, 1.807) is 0 Å². The average Bonchev–Trinajstić information content (AvgIpc) is 2.45. The molecule has 5 heteroatoms. The molecule has 2 N–H and O–H groups in total. The Morgan fingerprint density at radius 2 is 2.17 bits per heavy atom. The summed E-state index contributed by atoms with van der Waals surface area (Å²) in [5.41, 5.74) is 1.45. The summed E-state index contributed by atoms with van der Waals surface area (Å²) in [6.07, 6.45) is 3.44. The van der Waals surface area contributed by atoms with Crippen LogP contribution in [0, 0.1) is 25.7 Å². The minimum Gasteiger partial charge on any atom is -0.352 e. The maximum atomic E-state index is 12.3. The van der Waals surface area contributed by atoms with Crippen molar-refractivity contribution in [1.29, 1.82) is 0 Å². The van der Waals surface area contributed by atoms with Crippen LogP contribution in [0.4, 0.5) is 0 Å². The van der Waals surface area contributed by atoms with Crippen LogP contribution in [0.3, 0.4) is 0 Å². The zero-order chi connectivity index (χ0) is 17.7. The molecule has 1 amide bonds. The number of carbonyl (C=O) groups excluding carboxylic acids is 1. The van der Waals surface area contributed by atoms with E-state index in [1.165, 1.54) is 19.4 Å². The Labute approximate surface area is 144 Å². The first-order valence-electron chi connectivity index (χ1n) is 9.08. The number of pyridine rings is 1. The fraction of sp³-hybridized carbons (Fsp3) is 0.684. The number of H-pyrrole nitrogens is 1. The van der Waals surface area contributed by atoms with Crippen LogP contribution in [0.25, 0.3) is 0 Å². The third-order valence-electron chi connectivity index (χ3n) is 4.66. The van der Waals surface area contributed by atoms with E-state index in [2.05, 4.69) is 29.0 Å². The fourth-order valence-corrected chi connectivity index (χ4v) is 3.68. The first kappa shape index (κ1) is 18.7. The van der Waals surface area contributed by atoms with Crippen molar-refractivity contribution in [3.8, 4) is 0 Å². The van der Waals surface area contributed by atoms with Gasteiger partial charge in [0, 0.05) is 25.3 Å². The number of aromatic nitrogens is 1. The van der Waals surface area contributed by atoms with Gasteiger partial charge < -0.3 is 15.2 Å². The van der Waals surface area contributed by atoms with Gasteiger partial charge in [-0.15, -0.1) is 0 Å². The maximum Gasteiger partial charge on any atom is 0.261 e. The van der Waals surface area contributed by atoms with Gasteiger partial charge in [0.05, 0.1) is 0 Å². The first-order chi connectivity index (χ1) is 11.4. The van der Waals surface area contributed by atoms with E-state index in [9.17, 15) is 9.59 Å². The molecule has 0 aliphatic carbocycles. The summed E-state index contributed by atoms with van der Waals surface area (Å²) in [5.74, 6) is 1.07. The molecule has 0 spiro atoms. The molecule has 1 aliphatic heterocycles. The number of hydrogen-bond acceptors (Lipinski definition) is 3. The Balaban J connectivity index is 1.84. The standard InChI is InChI=1S/C19H31N3O2/c1-13(2)11-22-9-5-6-16(12-22)7-8-20-18(23)17-14(3)10-15(4)21-19(17)24/h10,13,16H,5-9,11-12H2,1-4H3,(H,20,23)(H,21,24). The van der Waals surface area contributed by atoms with Crippen molar-refractivity contribution >= 4 is 5.91 Å². The molecule has 0 aromatic carbocycles. The number of nitrogens with one attached hydrogen (secondary N) is 2. The summed E-state index contributed by atoms with van der Waals surface area (Å²) in [7, 11) is 0. The summed E-state index contributed by atoms with van der Waals surface area (Å²) >= 11 is 0. The Kier molecular flexibility index (Phi) is 6.60. The van der Waals surface area contributed by atoms with Gasteiger partial charge in [0.15, 0.2) is 0 Å². The molecule has 1 fully saturated rings. The summed E-state index contributed by atoms with van der Waals surface area (Å²) in [6.45, 7) is 12.2. The number of piperidine rings is 1. The van der Waals surface area contributed by atoms with Crippen molar-refractivity contribution in [3.63, 3.8) is 0 Å². The lowest BCUT2D eigenvalue weighted by Crippen LogP contribution is -2.39. The van der Waals surface area contributed by atoms with Gasteiger partial charge in [-0.1, -0.05) is 13.8 Å². The molecule has 1 atom stereocenters. The Morgan fingerprint density at radius 1 is 1.42 bits per heavy atom. The molecule has 1 aromatic heterocycles. The van der Waals surface area contributed by atoms with Crippen LogP contribution in [0.5, 0.6) is 0 Å². The van der Waals surface area contributed by atoms with Crippen molar-refractivity contribution in [2.45, 2.75) is 47.0 Å². The largest absolute Gasteiger partial charge is 0.352 e. The monoisotopic (exact) mass is 333 g/mol. The molecule has 2 heterocycles. The molecule has 0 bridgehead atoms. The minimum absolute atomic E-state index is 0.241. The Bertz CT molecular complexity index is 622. The SMILES string of the molecule is Cc1cc(C)c(C(=O)NCCC2CCCN(CC(C)C)C2)c(=O)[nH]1. The third-order valence-corrected chi connectivity index (χ3v) is 4.66. The van der Waals surface area contributed by atoms with Crippen LogP contribution in [0.2, 0.25) is 0 Å². The van der Waals surface area contributed by atoms with Gasteiger partial charge in [-0.3, -0.25) is 9.59 Å². The summed E-state index contributed by atoms with van der Waals surface area (Å²) in [6, 6.07) is 1.83. The molecule has 134 valence electrons. The van der Waals surface area contributed by atoms with E-state index in [-0.39, 0.29) is 17.0 Å². The van der Waals surface area contributed by atoms with Crippen LogP contribution >= 0.6 is 0 Å². The molecule has 2 rings (SSSR count). The van der Waals surface area contributed by atoms with Crippen LogP contribution in [0.1, 0.15) is 54.7 Å². The molecule has 0 radical (unpaired) electrons. The van der Waals surface area contributed by atoms with Gasteiger partial charge >= 0.3 is 0 Å². The number of nitrogens with zero attached hydrogens (tertiary/aromatic N) is 1. The third kappa shape index (κ3) is 5.20. The van der Waals surface area contributed by atoms with Gasteiger partial charge in [0.25, 0.3) is 11.5 Å². The van der Waals surface area contributed by atoms with Crippen molar-refractivity contribution in [2.75, 3.05) is 26.2 Å². The number of carbonyl (C=O) groups is 1. The lowest BCUT2D eigenvalue weighted by Gasteiger charge is -2.33. The minimum atomic E-state index is -0.300. The number of aryl methyl sites for hydroxylation is 2. The Hall–Kier alpha value is -1.62. The van der Waals surface area contributed by atoms with Crippen LogP contribution in [0.15, 0.2) is 10.9 Å². The van der Waals surface area contributed by atoms with Gasteiger partial charge in [-0.2, -0.15) is 0 Å². The predicted octanol–water partition coefficient (Wildman–Crippen LogP) is 2.48. The number of rotatable bonds is 6.